The molecule has 6 heteroatoms. The van der Waals surface area contributed by atoms with Crippen molar-refractivity contribution >= 4 is 7.12 Å². The smallest absolute Gasteiger partial charge is 0.398 e. The van der Waals surface area contributed by atoms with Crippen molar-refractivity contribution in [2.45, 2.75) is 65.6 Å². The minimum absolute atomic E-state index is 0.137. The van der Waals surface area contributed by atoms with Gasteiger partial charge in [-0.1, -0.05) is 13.8 Å². The van der Waals surface area contributed by atoms with Gasteiger partial charge in [0, 0.05) is 5.41 Å². The Morgan fingerprint density at radius 3 is 1.95 bits per heavy atom. The maximum Gasteiger partial charge on any atom is 0.524 e. The molecule has 1 saturated heterocycles. The van der Waals surface area contributed by atoms with Crippen molar-refractivity contribution in [2.24, 2.45) is 5.41 Å². The average molecular weight is 278 g/mol. The van der Waals surface area contributed by atoms with Gasteiger partial charge in [0.25, 0.3) is 0 Å². The van der Waals surface area contributed by atoms with Crippen LogP contribution in [0.25, 0.3) is 0 Å². The molecule has 1 atom stereocenters. The number of alkyl halides is 2. The first-order chi connectivity index (χ1) is 8.45. The van der Waals surface area contributed by atoms with Gasteiger partial charge in [-0.2, -0.15) is 0 Å². The summed E-state index contributed by atoms with van der Waals surface area (Å²) in [4.78, 5) is 0. The number of rotatable bonds is 4. The van der Waals surface area contributed by atoms with Crippen LogP contribution in [0.4, 0.5) is 13.2 Å². The highest BCUT2D eigenvalue weighted by Gasteiger charge is 2.53. The first-order valence-electron chi connectivity index (χ1n) is 6.47. The molecule has 1 rings (SSSR count). The molecule has 0 aromatic carbocycles. The van der Waals surface area contributed by atoms with Gasteiger partial charge in [0.05, 0.1) is 11.2 Å². The molecule has 0 aromatic rings. The van der Waals surface area contributed by atoms with Crippen LogP contribution in [0.2, 0.25) is 0 Å². The third-order valence-corrected chi connectivity index (χ3v) is 4.21. The topological polar surface area (TPSA) is 18.5 Å². The van der Waals surface area contributed by atoms with Gasteiger partial charge in [0.1, 0.15) is 5.73 Å². The van der Waals surface area contributed by atoms with Crippen molar-refractivity contribution in [3.05, 3.63) is 11.8 Å². The fourth-order valence-electron chi connectivity index (χ4n) is 1.66. The molecule has 1 unspecified atom stereocenters. The van der Waals surface area contributed by atoms with Crippen LogP contribution in [0, 0.1) is 5.41 Å². The van der Waals surface area contributed by atoms with E-state index in [0.717, 1.165) is 6.08 Å². The van der Waals surface area contributed by atoms with E-state index >= 15 is 0 Å². The van der Waals surface area contributed by atoms with E-state index in [1.54, 1.807) is 34.6 Å². The lowest BCUT2D eigenvalue weighted by Crippen LogP contribution is -2.41. The molecule has 0 amide bonds. The summed E-state index contributed by atoms with van der Waals surface area (Å²) in [5.41, 5.74) is -3.66. The molecule has 2 nitrogen and oxygen atoms in total. The molecule has 0 aliphatic carbocycles. The maximum atomic E-state index is 14.1. The lowest BCUT2D eigenvalue weighted by Gasteiger charge is -2.32. The van der Waals surface area contributed by atoms with Gasteiger partial charge in [-0.05, 0) is 40.2 Å². The van der Waals surface area contributed by atoms with E-state index in [1.807, 2.05) is 0 Å². The van der Waals surface area contributed by atoms with E-state index in [0.29, 0.717) is 0 Å². The highest BCUT2D eigenvalue weighted by atomic mass is 19.3. The standard InChI is InChI=1S/C13H22BF3O2/c1-7-13(6,10(16)17)8-9(15)14-18-11(2,3)12(4,5)19-14/h8,10H,7H2,1-6H3. The molecule has 1 aliphatic rings. The molecular weight excluding hydrogens is 256 g/mol. The number of hydrogen-bond acceptors (Lipinski definition) is 2. The Bertz CT molecular complexity index is 353. The van der Waals surface area contributed by atoms with Gasteiger partial charge in [0.2, 0.25) is 6.43 Å². The van der Waals surface area contributed by atoms with Crippen LogP contribution in [0.15, 0.2) is 11.8 Å². The fraction of sp³-hybridized carbons (Fsp3) is 0.846. The lowest BCUT2D eigenvalue weighted by molar-refractivity contribution is 0.00578. The van der Waals surface area contributed by atoms with Crippen LogP contribution < -0.4 is 0 Å². The first kappa shape index (κ1) is 16.6. The van der Waals surface area contributed by atoms with Gasteiger partial charge in [0.15, 0.2) is 0 Å². The van der Waals surface area contributed by atoms with E-state index in [-0.39, 0.29) is 6.42 Å². The van der Waals surface area contributed by atoms with Crippen LogP contribution in [-0.4, -0.2) is 24.7 Å². The third kappa shape index (κ3) is 3.16. The molecule has 0 N–H and O–H groups in total. The molecule has 0 bridgehead atoms. The average Bonchev–Trinajstić information content (AvgIpc) is 2.47. The number of allylic oxidation sites excluding steroid dienone is 1. The highest BCUT2D eigenvalue weighted by Crippen LogP contribution is 2.40. The van der Waals surface area contributed by atoms with Gasteiger partial charge in [-0.3, -0.25) is 0 Å². The van der Waals surface area contributed by atoms with E-state index in [4.69, 9.17) is 9.31 Å². The zero-order valence-corrected chi connectivity index (χ0v) is 12.4. The summed E-state index contributed by atoms with van der Waals surface area (Å²) in [5, 5.41) is 0. The monoisotopic (exact) mass is 278 g/mol. The van der Waals surface area contributed by atoms with Crippen LogP contribution >= 0.6 is 0 Å². The minimum Gasteiger partial charge on any atom is -0.398 e. The van der Waals surface area contributed by atoms with Crippen molar-refractivity contribution in [1.29, 1.82) is 0 Å². The van der Waals surface area contributed by atoms with Crippen molar-refractivity contribution < 1.29 is 22.5 Å². The predicted molar refractivity (Wildman–Crippen MR) is 69.7 cm³/mol. The molecule has 0 aromatic heterocycles. The van der Waals surface area contributed by atoms with Crippen molar-refractivity contribution in [1.82, 2.24) is 0 Å². The lowest BCUT2D eigenvalue weighted by atomic mass is 9.79. The van der Waals surface area contributed by atoms with Gasteiger partial charge in [-0.25, -0.2) is 13.2 Å². The Labute approximate surface area is 113 Å². The highest BCUT2D eigenvalue weighted by molar-refractivity contribution is 6.53. The Morgan fingerprint density at radius 1 is 1.21 bits per heavy atom. The largest absolute Gasteiger partial charge is 0.524 e. The second kappa shape index (κ2) is 5.13. The summed E-state index contributed by atoms with van der Waals surface area (Å²) in [7, 11) is -1.21. The fourth-order valence-corrected chi connectivity index (χ4v) is 1.66. The van der Waals surface area contributed by atoms with Crippen LogP contribution in [0.5, 0.6) is 0 Å². The Morgan fingerprint density at radius 2 is 1.63 bits per heavy atom. The molecular formula is C13H22BF3O2. The summed E-state index contributed by atoms with van der Waals surface area (Å²) >= 11 is 0. The summed E-state index contributed by atoms with van der Waals surface area (Å²) in [6.07, 6.45) is -1.57. The van der Waals surface area contributed by atoms with Gasteiger partial charge >= 0.3 is 7.12 Å². The van der Waals surface area contributed by atoms with E-state index in [2.05, 4.69) is 0 Å². The third-order valence-electron chi connectivity index (χ3n) is 4.21. The molecule has 19 heavy (non-hydrogen) atoms. The summed E-state index contributed by atoms with van der Waals surface area (Å²) in [6.45, 7) is 10.1. The van der Waals surface area contributed by atoms with E-state index in [1.165, 1.54) is 6.92 Å². The molecule has 1 fully saturated rings. The van der Waals surface area contributed by atoms with Crippen molar-refractivity contribution in [3.8, 4) is 0 Å². The predicted octanol–water partition coefficient (Wildman–Crippen LogP) is 4.15. The molecule has 0 radical (unpaired) electrons. The van der Waals surface area contributed by atoms with E-state index in [9.17, 15) is 13.2 Å². The zero-order chi connectivity index (χ0) is 15.1. The SMILES string of the molecule is CCC(C)(C=C(F)B1OC(C)(C)C(C)(C)O1)C(F)F. The van der Waals surface area contributed by atoms with Crippen LogP contribution in [-0.2, 0) is 9.31 Å². The Kier molecular flexibility index (Phi) is 4.47. The normalized spacial score (nSPS) is 25.8. The summed E-state index contributed by atoms with van der Waals surface area (Å²) in [5.74, 6) is 0. The molecule has 0 spiro atoms. The molecule has 0 saturated carbocycles. The minimum atomic E-state index is -2.63. The van der Waals surface area contributed by atoms with E-state index < -0.39 is 35.9 Å². The number of hydrogen-bond donors (Lipinski definition) is 0. The second-order valence-corrected chi connectivity index (χ2v) is 6.28. The van der Waals surface area contributed by atoms with Crippen molar-refractivity contribution in [3.63, 3.8) is 0 Å². The second-order valence-electron chi connectivity index (χ2n) is 6.28. The maximum absolute atomic E-state index is 14.1. The summed E-state index contributed by atoms with van der Waals surface area (Å²) < 4.78 is 51.0. The molecule has 1 aliphatic heterocycles. The zero-order valence-electron chi connectivity index (χ0n) is 12.4. The molecule has 1 heterocycles. The first-order valence-corrected chi connectivity index (χ1v) is 6.47. The van der Waals surface area contributed by atoms with Crippen LogP contribution in [0.1, 0.15) is 48.0 Å². The molecule has 110 valence electrons. The van der Waals surface area contributed by atoms with Gasteiger partial charge in [-0.15, -0.1) is 0 Å². The van der Waals surface area contributed by atoms with Crippen molar-refractivity contribution in [2.75, 3.05) is 0 Å². The number of halogens is 3. The van der Waals surface area contributed by atoms with Gasteiger partial charge < -0.3 is 9.31 Å². The summed E-state index contributed by atoms with van der Waals surface area (Å²) in [6, 6.07) is 0. The Balaban J connectivity index is 2.94. The Hall–Kier alpha value is -0.485. The quantitative estimate of drug-likeness (QED) is 0.719. The van der Waals surface area contributed by atoms with Crippen LogP contribution in [0.3, 0.4) is 0 Å².